The second-order valence-corrected chi connectivity index (χ2v) is 4.69. The molecule has 1 aromatic rings. The number of hydrogen-bond acceptors (Lipinski definition) is 2. The molecule has 0 aliphatic carbocycles. The van der Waals surface area contributed by atoms with Gasteiger partial charge >= 0.3 is 0 Å². The van der Waals surface area contributed by atoms with Crippen LogP contribution < -0.4 is 5.73 Å². The maximum absolute atomic E-state index is 5.51. The van der Waals surface area contributed by atoms with E-state index in [0.29, 0.717) is 0 Å². The maximum Gasteiger partial charge on any atom is 0.0233 e. The summed E-state index contributed by atoms with van der Waals surface area (Å²) >= 11 is 0. The van der Waals surface area contributed by atoms with Gasteiger partial charge in [0.15, 0.2) is 0 Å². The molecule has 16 heavy (non-hydrogen) atoms. The lowest BCUT2D eigenvalue weighted by molar-refractivity contribution is 0.331. The fraction of sp³-hybridized carbons (Fsp3) is 0.571. The molecule has 0 amide bonds. The van der Waals surface area contributed by atoms with Gasteiger partial charge in [-0.3, -0.25) is 4.90 Å². The first kappa shape index (κ1) is 11.6. The molecule has 1 aromatic carbocycles. The first-order valence-corrected chi connectivity index (χ1v) is 6.39. The number of rotatable bonds is 5. The van der Waals surface area contributed by atoms with Crippen molar-refractivity contribution in [3.05, 3.63) is 35.4 Å². The quantitative estimate of drug-likeness (QED) is 0.820. The van der Waals surface area contributed by atoms with Crippen molar-refractivity contribution in [2.24, 2.45) is 5.73 Å². The Balaban J connectivity index is 1.86. The molecule has 2 rings (SSSR count). The van der Waals surface area contributed by atoms with Gasteiger partial charge in [-0.25, -0.2) is 0 Å². The topological polar surface area (TPSA) is 29.3 Å². The molecule has 88 valence electrons. The van der Waals surface area contributed by atoms with Crippen LogP contribution in [-0.4, -0.2) is 24.5 Å². The smallest absolute Gasteiger partial charge is 0.0233 e. The Morgan fingerprint density at radius 1 is 1.00 bits per heavy atom. The van der Waals surface area contributed by atoms with E-state index in [1.165, 1.54) is 37.1 Å². The fourth-order valence-electron chi connectivity index (χ4n) is 2.32. The summed E-state index contributed by atoms with van der Waals surface area (Å²) in [7, 11) is 0. The van der Waals surface area contributed by atoms with Crippen LogP contribution in [0.4, 0.5) is 0 Å². The molecule has 2 heteroatoms. The van der Waals surface area contributed by atoms with E-state index in [2.05, 4.69) is 29.2 Å². The van der Waals surface area contributed by atoms with Gasteiger partial charge < -0.3 is 5.73 Å². The average molecular weight is 218 g/mol. The Bertz CT molecular complexity index is 299. The predicted octanol–water partition coefficient (Wildman–Crippen LogP) is 2.17. The number of benzene rings is 1. The summed E-state index contributed by atoms with van der Waals surface area (Å²) in [6.07, 6.45) is 4.94. The molecule has 0 spiro atoms. The zero-order valence-corrected chi connectivity index (χ0v) is 9.99. The number of nitrogens with zero attached hydrogens (tertiary/aromatic N) is 1. The molecule has 0 saturated carbocycles. The largest absolute Gasteiger partial charge is 0.330 e. The van der Waals surface area contributed by atoms with Gasteiger partial charge in [0, 0.05) is 6.54 Å². The van der Waals surface area contributed by atoms with Gasteiger partial charge in [0.05, 0.1) is 0 Å². The lowest BCUT2D eigenvalue weighted by Gasteiger charge is -2.14. The number of hydrogen-bond donors (Lipinski definition) is 1. The van der Waals surface area contributed by atoms with E-state index in [0.717, 1.165) is 25.9 Å². The number of nitrogens with two attached hydrogens (primary N) is 1. The lowest BCUT2D eigenvalue weighted by Crippen LogP contribution is -2.18. The highest BCUT2D eigenvalue weighted by Gasteiger charge is 2.11. The predicted molar refractivity (Wildman–Crippen MR) is 68.3 cm³/mol. The Hall–Kier alpha value is -0.860. The van der Waals surface area contributed by atoms with E-state index >= 15 is 0 Å². The summed E-state index contributed by atoms with van der Waals surface area (Å²) in [4.78, 5) is 2.54. The highest BCUT2D eigenvalue weighted by Crippen LogP contribution is 2.13. The third-order valence-corrected chi connectivity index (χ3v) is 3.30. The molecule has 1 saturated heterocycles. The minimum atomic E-state index is 0.787. The van der Waals surface area contributed by atoms with Gasteiger partial charge in [0.25, 0.3) is 0 Å². The van der Waals surface area contributed by atoms with Crippen molar-refractivity contribution in [1.82, 2.24) is 4.90 Å². The fourth-order valence-corrected chi connectivity index (χ4v) is 2.32. The van der Waals surface area contributed by atoms with Crippen LogP contribution in [0.5, 0.6) is 0 Å². The van der Waals surface area contributed by atoms with Crippen molar-refractivity contribution >= 4 is 0 Å². The maximum atomic E-state index is 5.51. The third-order valence-electron chi connectivity index (χ3n) is 3.30. The van der Waals surface area contributed by atoms with Crippen molar-refractivity contribution < 1.29 is 0 Å². The number of likely N-dealkylation sites (tertiary alicyclic amines) is 1. The Morgan fingerprint density at radius 2 is 1.62 bits per heavy atom. The molecule has 2 nitrogen and oxygen atoms in total. The SMILES string of the molecule is NCCCc1ccc(CN2CCCC2)cc1. The molecule has 0 unspecified atom stereocenters. The molecular weight excluding hydrogens is 196 g/mol. The molecule has 2 N–H and O–H groups in total. The zero-order chi connectivity index (χ0) is 11.2. The summed E-state index contributed by atoms with van der Waals surface area (Å²) in [6.45, 7) is 4.45. The summed E-state index contributed by atoms with van der Waals surface area (Å²) < 4.78 is 0. The number of aryl methyl sites for hydroxylation is 1. The van der Waals surface area contributed by atoms with Crippen molar-refractivity contribution in [2.45, 2.75) is 32.2 Å². The molecule has 1 fully saturated rings. The van der Waals surface area contributed by atoms with Gasteiger partial charge in [0.2, 0.25) is 0 Å². The molecule has 0 radical (unpaired) electrons. The highest BCUT2D eigenvalue weighted by molar-refractivity contribution is 5.22. The van der Waals surface area contributed by atoms with E-state index in [-0.39, 0.29) is 0 Å². The molecule has 0 bridgehead atoms. The average Bonchev–Trinajstić information content (AvgIpc) is 2.81. The van der Waals surface area contributed by atoms with Crippen LogP contribution in [0.2, 0.25) is 0 Å². The molecule has 0 atom stereocenters. The third kappa shape index (κ3) is 3.32. The normalized spacial score (nSPS) is 16.8. The van der Waals surface area contributed by atoms with Crippen molar-refractivity contribution in [2.75, 3.05) is 19.6 Å². The van der Waals surface area contributed by atoms with Crippen LogP contribution in [0, 0.1) is 0 Å². The molecule has 1 aliphatic rings. The lowest BCUT2D eigenvalue weighted by atomic mass is 10.1. The second-order valence-electron chi connectivity index (χ2n) is 4.69. The summed E-state index contributed by atoms with van der Waals surface area (Å²) in [6, 6.07) is 9.04. The standard InChI is InChI=1S/C14H22N2/c15-9-3-4-13-5-7-14(8-6-13)12-16-10-1-2-11-16/h5-8H,1-4,9-12,15H2. The second kappa shape index (κ2) is 6.02. The monoisotopic (exact) mass is 218 g/mol. The minimum absolute atomic E-state index is 0.787. The van der Waals surface area contributed by atoms with E-state index in [4.69, 9.17) is 5.73 Å². The van der Waals surface area contributed by atoms with Crippen LogP contribution in [0.25, 0.3) is 0 Å². The molecular formula is C14H22N2. The van der Waals surface area contributed by atoms with Gasteiger partial charge in [0.1, 0.15) is 0 Å². The summed E-state index contributed by atoms with van der Waals surface area (Å²) in [5.74, 6) is 0. The summed E-state index contributed by atoms with van der Waals surface area (Å²) in [5, 5.41) is 0. The van der Waals surface area contributed by atoms with Crippen molar-refractivity contribution in [3.8, 4) is 0 Å². The summed E-state index contributed by atoms with van der Waals surface area (Å²) in [5.41, 5.74) is 8.36. The van der Waals surface area contributed by atoms with Crippen LogP contribution in [0.15, 0.2) is 24.3 Å². The van der Waals surface area contributed by atoms with E-state index in [9.17, 15) is 0 Å². The van der Waals surface area contributed by atoms with Crippen LogP contribution in [0.1, 0.15) is 30.4 Å². The van der Waals surface area contributed by atoms with Crippen LogP contribution in [-0.2, 0) is 13.0 Å². The van der Waals surface area contributed by atoms with E-state index < -0.39 is 0 Å². The Labute approximate surface area is 98.4 Å². The first-order chi connectivity index (χ1) is 7.88. The van der Waals surface area contributed by atoms with E-state index in [1.54, 1.807) is 0 Å². The molecule has 0 aromatic heterocycles. The Morgan fingerprint density at radius 3 is 2.25 bits per heavy atom. The van der Waals surface area contributed by atoms with Crippen molar-refractivity contribution in [3.63, 3.8) is 0 Å². The van der Waals surface area contributed by atoms with E-state index in [1.807, 2.05) is 0 Å². The minimum Gasteiger partial charge on any atom is -0.330 e. The van der Waals surface area contributed by atoms with Crippen molar-refractivity contribution in [1.29, 1.82) is 0 Å². The first-order valence-electron chi connectivity index (χ1n) is 6.39. The van der Waals surface area contributed by atoms with Gasteiger partial charge in [-0.1, -0.05) is 24.3 Å². The molecule has 1 aliphatic heterocycles. The van der Waals surface area contributed by atoms with Gasteiger partial charge in [-0.2, -0.15) is 0 Å². The Kier molecular flexibility index (Phi) is 4.37. The van der Waals surface area contributed by atoms with Crippen LogP contribution >= 0.6 is 0 Å². The van der Waals surface area contributed by atoms with Gasteiger partial charge in [-0.15, -0.1) is 0 Å². The highest BCUT2D eigenvalue weighted by atomic mass is 15.1. The van der Waals surface area contributed by atoms with Gasteiger partial charge in [-0.05, 0) is 56.4 Å². The molecule has 1 heterocycles. The van der Waals surface area contributed by atoms with Crippen LogP contribution in [0.3, 0.4) is 0 Å². The zero-order valence-electron chi connectivity index (χ0n) is 9.99.